The van der Waals surface area contributed by atoms with Gasteiger partial charge in [-0.15, -0.1) is 0 Å². The van der Waals surface area contributed by atoms with Crippen LogP contribution in [0.4, 0.5) is 15.8 Å². The molecule has 2 aromatic rings. The van der Waals surface area contributed by atoms with Gasteiger partial charge in [0.2, 0.25) is 5.91 Å². The van der Waals surface area contributed by atoms with Crippen LogP contribution in [0.15, 0.2) is 48.5 Å². The molecule has 0 aliphatic rings. The third-order valence-corrected chi connectivity index (χ3v) is 4.80. The van der Waals surface area contributed by atoms with Gasteiger partial charge in [-0.25, -0.2) is 4.39 Å². The molecule has 2 rings (SSSR count). The lowest BCUT2D eigenvalue weighted by molar-refractivity contribution is -0.151. The Morgan fingerprint density at radius 2 is 1.57 bits per heavy atom. The van der Waals surface area contributed by atoms with E-state index in [1.165, 1.54) is 24.3 Å². The van der Waals surface area contributed by atoms with Gasteiger partial charge >= 0.3 is 5.97 Å². The minimum absolute atomic E-state index is 0.158. The van der Waals surface area contributed by atoms with Gasteiger partial charge in [0.05, 0.1) is 5.41 Å². The molecule has 0 saturated heterocycles. The van der Waals surface area contributed by atoms with Gasteiger partial charge in [-0.05, 0) is 49.2 Å². The van der Waals surface area contributed by atoms with E-state index in [1.807, 2.05) is 0 Å². The van der Waals surface area contributed by atoms with E-state index in [4.69, 9.17) is 0 Å². The van der Waals surface area contributed by atoms with E-state index in [9.17, 15) is 23.9 Å². The van der Waals surface area contributed by atoms with Gasteiger partial charge in [-0.1, -0.05) is 26.0 Å². The standard InChI is InChI=1S/C21H23FN2O4/c1-3-21(4-2,20(27)28)13-18(25)23-16-9-5-7-14(11-16)19(26)24-17-10-6-8-15(22)12-17/h5-12H,3-4,13H2,1-2H3,(H,23,25)(H,24,26)(H,27,28). The first-order valence-corrected chi connectivity index (χ1v) is 9.00. The zero-order valence-corrected chi connectivity index (χ0v) is 15.8. The Hall–Kier alpha value is -3.22. The average Bonchev–Trinajstić information content (AvgIpc) is 2.66. The average molecular weight is 386 g/mol. The SMILES string of the molecule is CCC(CC)(CC(=O)Nc1cccc(C(=O)Nc2cccc(F)c2)c1)C(=O)O. The minimum Gasteiger partial charge on any atom is -0.481 e. The minimum atomic E-state index is -1.11. The largest absolute Gasteiger partial charge is 0.481 e. The molecule has 7 heteroatoms. The van der Waals surface area contributed by atoms with E-state index >= 15 is 0 Å². The molecule has 0 unspecified atom stereocenters. The monoisotopic (exact) mass is 386 g/mol. The molecule has 0 fully saturated rings. The lowest BCUT2D eigenvalue weighted by Crippen LogP contribution is -2.34. The Labute approximate surface area is 162 Å². The van der Waals surface area contributed by atoms with Crippen molar-refractivity contribution in [1.82, 2.24) is 0 Å². The Bertz CT molecular complexity index is 878. The number of benzene rings is 2. The highest BCUT2D eigenvalue weighted by atomic mass is 19.1. The van der Waals surface area contributed by atoms with E-state index in [0.29, 0.717) is 24.2 Å². The number of carbonyl (C=O) groups excluding carboxylic acids is 2. The van der Waals surface area contributed by atoms with E-state index in [-0.39, 0.29) is 12.0 Å². The molecule has 6 nitrogen and oxygen atoms in total. The van der Waals surface area contributed by atoms with Gasteiger partial charge in [0.1, 0.15) is 5.82 Å². The van der Waals surface area contributed by atoms with Crippen molar-refractivity contribution < 1.29 is 23.9 Å². The second-order valence-electron chi connectivity index (χ2n) is 6.56. The number of aliphatic carboxylic acids is 1. The van der Waals surface area contributed by atoms with E-state index < -0.39 is 29.0 Å². The number of nitrogens with one attached hydrogen (secondary N) is 2. The summed E-state index contributed by atoms with van der Waals surface area (Å²) in [5.41, 5.74) is -0.145. The van der Waals surface area contributed by atoms with Crippen molar-refractivity contribution in [2.24, 2.45) is 5.41 Å². The maximum atomic E-state index is 13.2. The molecular formula is C21H23FN2O4. The van der Waals surface area contributed by atoms with Crippen LogP contribution in [0.2, 0.25) is 0 Å². The smallest absolute Gasteiger partial charge is 0.310 e. The number of carbonyl (C=O) groups is 3. The van der Waals surface area contributed by atoms with Crippen molar-refractivity contribution >= 4 is 29.2 Å². The van der Waals surface area contributed by atoms with Crippen molar-refractivity contribution in [2.45, 2.75) is 33.1 Å². The van der Waals surface area contributed by atoms with Crippen molar-refractivity contribution in [3.05, 3.63) is 59.9 Å². The Kier molecular flexibility index (Phi) is 6.87. The van der Waals surface area contributed by atoms with Gasteiger partial charge in [-0.3, -0.25) is 14.4 Å². The molecule has 0 bridgehead atoms. The van der Waals surface area contributed by atoms with Gasteiger partial charge in [0.15, 0.2) is 0 Å². The summed E-state index contributed by atoms with van der Waals surface area (Å²) >= 11 is 0. The highest BCUT2D eigenvalue weighted by molar-refractivity contribution is 6.05. The summed E-state index contributed by atoms with van der Waals surface area (Å²) in [4.78, 5) is 36.2. The fourth-order valence-electron chi connectivity index (χ4n) is 2.90. The Morgan fingerprint density at radius 1 is 0.964 bits per heavy atom. The summed E-state index contributed by atoms with van der Waals surface area (Å²) in [6, 6.07) is 11.8. The Balaban J connectivity index is 2.09. The summed E-state index contributed by atoms with van der Waals surface area (Å²) in [7, 11) is 0. The lowest BCUT2D eigenvalue weighted by Gasteiger charge is -2.25. The number of amides is 2. The third-order valence-electron chi connectivity index (χ3n) is 4.80. The van der Waals surface area contributed by atoms with E-state index in [0.717, 1.165) is 0 Å². The van der Waals surface area contributed by atoms with Gasteiger partial charge in [-0.2, -0.15) is 0 Å². The first kappa shape index (κ1) is 21.1. The van der Waals surface area contributed by atoms with Gasteiger partial charge in [0, 0.05) is 23.4 Å². The zero-order chi connectivity index (χ0) is 20.7. The van der Waals surface area contributed by atoms with Crippen molar-refractivity contribution in [1.29, 1.82) is 0 Å². The summed E-state index contributed by atoms with van der Waals surface area (Å²) in [6.07, 6.45) is 0.514. The zero-order valence-electron chi connectivity index (χ0n) is 15.8. The number of hydrogen-bond donors (Lipinski definition) is 3. The predicted molar refractivity (Wildman–Crippen MR) is 105 cm³/mol. The number of carboxylic acids is 1. The quantitative estimate of drug-likeness (QED) is 0.630. The maximum Gasteiger partial charge on any atom is 0.310 e. The molecule has 0 atom stereocenters. The van der Waals surface area contributed by atoms with Crippen LogP contribution < -0.4 is 10.6 Å². The number of carboxylic acid groups (broad SMARTS) is 1. The van der Waals surface area contributed by atoms with Crippen LogP contribution in [0.5, 0.6) is 0 Å². The molecule has 0 saturated carbocycles. The number of halogens is 1. The first-order valence-electron chi connectivity index (χ1n) is 9.00. The van der Waals surface area contributed by atoms with Crippen LogP contribution >= 0.6 is 0 Å². The molecule has 148 valence electrons. The maximum absolute atomic E-state index is 13.2. The molecule has 0 spiro atoms. The van der Waals surface area contributed by atoms with Crippen LogP contribution in [-0.4, -0.2) is 22.9 Å². The molecule has 0 aromatic heterocycles. The van der Waals surface area contributed by atoms with Gasteiger partial charge in [0.25, 0.3) is 5.91 Å². The summed E-state index contributed by atoms with van der Waals surface area (Å²) in [6.45, 7) is 3.48. The molecule has 28 heavy (non-hydrogen) atoms. The van der Waals surface area contributed by atoms with Crippen molar-refractivity contribution in [3.8, 4) is 0 Å². The van der Waals surface area contributed by atoms with E-state index in [1.54, 1.807) is 38.1 Å². The first-order chi connectivity index (χ1) is 13.3. The van der Waals surface area contributed by atoms with Crippen LogP contribution in [0.25, 0.3) is 0 Å². The second-order valence-corrected chi connectivity index (χ2v) is 6.56. The highest BCUT2D eigenvalue weighted by Crippen LogP contribution is 2.31. The van der Waals surface area contributed by atoms with Crippen LogP contribution in [0, 0.1) is 11.2 Å². The topological polar surface area (TPSA) is 95.5 Å². The molecule has 0 aliphatic carbocycles. The van der Waals surface area contributed by atoms with Crippen LogP contribution in [0.1, 0.15) is 43.5 Å². The fraction of sp³-hybridized carbons (Fsp3) is 0.286. The van der Waals surface area contributed by atoms with E-state index in [2.05, 4.69) is 10.6 Å². The highest BCUT2D eigenvalue weighted by Gasteiger charge is 2.37. The molecule has 3 N–H and O–H groups in total. The number of anilines is 2. The predicted octanol–water partition coefficient (Wildman–Crippen LogP) is 4.30. The molecular weight excluding hydrogens is 363 g/mol. The van der Waals surface area contributed by atoms with Gasteiger partial charge < -0.3 is 15.7 Å². The normalized spacial score (nSPS) is 11.0. The van der Waals surface area contributed by atoms with Crippen LogP contribution in [-0.2, 0) is 9.59 Å². The summed E-state index contributed by atoms with van der Waals surface area (Å²) in [5.74, 6) is -2.36. The van der Waals surface area contributed by atoms with Crippen LogP contribution in [0.3, 0.4) is 0 Å². The number of hydrogen-bond acceptors (Lipinski definition) is 3. The third kappa shape index (κ3) is 5.16. The molecule has 2 aromatic carbocycles. The summed E-state index contributed by atoms with van der Waals surface area (Å²) < 4.78 is 13.2. The second kappa shape index (κ2) is 9.12. The van der Waals surface area contributed by atoms with Crippen molar-refractivity contribution in [3.63, 3.8) is 0 Å². The Morgan fingerprint density at radius 3 is 2.14 bits per heavy atom. The molecule has 0 heterocycles. The fourth-order valence-corrected chi connectivity index (χ4v) is 2.90. The summed E-state index contributed by atoms with van der Waals surface area (Å²) in [5, 5.41) is 14.7. The molecule has 0 aliphatic heterocycles. The van der Waals surface area contributed by atoms with Crippen molar-refractivity contribution in [2.75, 3.05) is 10.6 Å². The lowest BCUT2D eigenvalue weighted by atomic mass is 9.79. The molecule has 2 amide bonds. The molecule has 0 radical (unpaired) electrons. The number of rotatable bonds is 8.